The second kappa shape index (κ2) is 14.0. The van der Waals surface area contributed by atoms with E-state index in [-0.39, 0.29) is 25.0 Å². The van der Waals surface area contributed by atoms with Gasteiger partial charge in [-0.3, -0.25) is 9.59 Å². The number of hydrogen-bond acceptors (Lipinski definition) is 7. The lowest BCUT2D eigenvalue weighted by molar-refractivity contribution is -0.145. The summed E-state index contributed by atoms with van der Waals surface area (Å²) in [6.07, 6.45) is 1.44. The fraction of sp³-hybridized carbons (Fsp3) is 0.360. The summed E-state index contributed by atoms with van der Waals surface area (Å²) in [7, 11) is 0. The molecule has 0 fully saturated rings. The third kappa shape index (κ3) is 8.94. The first-order valence-corrected chi connectivity index (χ1v) is 11.6. The number of amides is 2. The molecule has 0 aliphatic heterocycles. The zero-order chi connectivity index (χ0) is 25.8. The number of nitrogens with zero attached hydrogens (tertiary/aromatic N) is 1. The van der Waals surface area contributed by atoms with Crippen LogP contribution in [0.15, 0.2) is 47.6 Å². The van der Waals surface area contributed by atoms with Gasteiger partial charge in [0.25, 0.3) is 11.8 Å². The number of hydrogen-bond donors (Lipinski definition) is 2. The highest BCUT2D eigenvalue weighted by Gasteiger charge is 2.24. The Hall–Kier alpha value is -3.59. The highest BCUT2D eigenvalue weighted by atomic mass is 35.5. The van der Waals surface area contributed by atoms with Crippen LogP contribution in [0.4, 0.5) is 0 Å². The molecule has 0 aromatic heterocycles. The van der Waals surface area contributed by atoms with E-state index in [1.807, 2.05) is 20.8 Å². The van der Waals surface area contributed by atoms with Crippen LogP contribution in [0, 0.1) is 5.92 Å². The fourth-order valence-electron chi connectivity index (χ4n) is 2.93. The average molecular weight is 504 g/mol. The minimum Gasteiger partial charge on any atom is -0.490 e. The number of rotatable bonds is 12. The summed E-state index contributed by atoms with van der Waals surface area (Å²) in [4.78, 5) is 36.7. The van der Waals surface area contributed by atoms with Crippen LogP contribution in [0.2, 0.25) is 5.02 Å². The fourth-order valence-corrected chi connectivity index (χ4v) is 3.06. The lowest BCUT2D eigenvalue weighted by Gasteiger charge is -2.20. The molecule has 0 bridgehead atoms. The van der Waals surface area contributed by atoms with Gasteiger partial charge >= 0.3 is 5.97 Å². The highest BCUT2D eigenvalue weighted by molar-refractivity contribution is 6.30. The number of benzene rings is 2. The number of nitrogens with one attached hydrogen (secondary N) is 2. The number of carbonyl (C=O) groups excluding carboxylic acids is 3. The minimum atomic E-state index is -0.798. The Morgan fingerprint density at radius 3 is 2.34 bits per heavy atom. The topological polar surface area (TPSA) is 115 Å². The summed E-state index contributed by atoms with van der Waals surface area (Å²) in [6, 6.07) is 10.6. The maximum atomic E-state index is 12.7. The Morgan fingerprint density at radius 1 is 1.00 bits per heavy atom. The number of halogens is 1. The lowest BCUT2D eigenvalue weighted by Crippen LogP contribution is -2.48. The van der Waals surface area contributed by atoms with Gasteiger partial charge < -0.3 is 19.5 Å². The van der Waals surface area contributed by atoms with E-state index in [0.717, 1.165) is 0 Å². The second-order valence-corrected chi connectivity index (χ2v) is 8.11. The molecule has 35 heavy (non-hydrogen) atoms. The first-order chi connectivity index (χ1) is 16.7. The molecule has 0 heterocycles. The highest BCUT2D eigenvalue weighted by Crippen LogP contribution is 2.28. The Kier molecular flexibility index (Phi) is 11.0. The quantitative estimate of drug-likeness (QED) is 0.260. The van der Waals surface area contributed by atoms with Crippen LogP contribution in [0.3, 0.4) is 0 Å². The van der Waals surface area contributed by atoms with Gasteiger partial charge in [0.2, 0.25) is 0 Å². The van der Waals surface area contributed by atoms with Crippen LogP contribution < -0.4 is 20.2 Å². The standard InChI is InChI=1S/C25H30ClN3O6/c1-5-33-21-13-17(7-12-20(21)35-15-22(30)34-6-2)14-27-29-25(32)23(16(3)4)28-24(31)18-8-10-19(26)11-9-18/h7-14,16,23H,5-6,15H2,1-4H3,(H,28,31)(H,29,32). The van der Waals surface area contributed by atoms with E-state index in [1.165, 1.54) is 6.21 Å². The average Bonchev–Trinajstić information content (AvgIpc) is 2.82. The van der Waals surface area contributed by atoms with Gasteiger partial charge in [0.05, 0.1) is 19.4 Å². The zero-order valence-electron chi connectivity index (χ0n) is 20.2. The van der Waals surface area contributed by atoms with Crippen LogP contribution in [0.25, 0.3) is 0 Å². The molecule has 0 spiro atoms. The molecular formula is C25H30ClN3O6. The van der Waals surface area contributed by atoms with E-state index in [1.54, 1.807) is 49.4 Å². The monoisotopic (exact) mass is 503 g/mol. The predicted molar refractivity (Wildman–Crippen MR) is 133 cm³/mol. The third-order valence-electron chi connectivity index (χ3n) is 4.65. The zero-order valence-corrected chi connectivity index (χ0v) is 20.9. The Labute approximate surface area is 209 Å². The first-order valence-electron chi connectivity index (χ1n) is 11.2. The molecule has 1 unspecified atom stereocenters. The maximum absolute atomic E-state index is 12.7. The Balaban J connectivity index is 2.03. The lowest BCUT2D eigenvalue weighted by atomic mass is 10.0. The van der Waals surface area contributed by atoms with Crippen molar-refractivity contribution in [1.29, 1.82) is 0 Å². The molecule has 2 rings (SSSR count). The molecule has 9 nitrogen and oxygen atoms in total. The number of carbonyl (C=O) groups is 3. The van der Waals surface area contributed by atoms with E-state index in [4.69, 9.17) is 25.8 Å². The summed E-state index contributed by atoms with van der Waals surface area (Å²) in [5, 5.41) is 7.24. The summed E-state index contributed by atoms with van der Waals surface area (Å²) >= 11 is 5.86. The molecule has 1 atom stereocenters. The summed E-state index contributed by atoms with van der Waals surface area (Å²) in [5.74, 6) is -0.710. The van der Waals surface area contributed by atoms with Gasteiger partial charge in [-0.1, -0.05) is 25.4 Å². The largest absolute Gasteiger partial charge is 0.490 e. The molecule has 0 saturated carbocycles. The molecule has 2 N–H and O–H groups in total. The minimum absolute atomic E-state index is 0.179. The molecule has 0 saturated heterocycles. The summed E-state index contributed by atoms with van der Waals surface area (Å²) in [6.45, 7) is 7.59. The van der Waals surface area contributed by atoms with Gasteiger partial charge in [-0.05, 0) is 67.8 Å². The van der Waals surface area contributed by atoms with E-state index >= 15 is 0 Å². The number of ether oxygens (including phenoxy) is 3. The van der Waals surface area contributed by atoms with Crippen LogP contribution in [0.5, 0.6) is 11.5 Å². The van der Waals surface area contributed by atoms with Gasteiger partial charge in [-0.2, -0.15) is 5.10 Å². The number of esters is 1. The molecule has 2 aromatic rings. The Morgan fingerprint density at radius 2 is 1.71 bits per heavy atom. The molecule has 0 radical (unpaired) electrons. The smallest absolute Gasteiger partial charge is 0.344 e. The SMILES string of the molecule is CCOC(=O)COc1ccc(C=NNC(=O)C(NC(=O)c2ccc(Cl)cc2)C(C)C)cc1OCC. The molecule has 0 aliphatic carbocycles. The van der Waals surface area contributed by atoms with Crippen molar-refractivity contribution < 1.29 is 28.6 Å². The van der Waals surface area contributed by atoms with Crippen LogP contribution in [-0.4, -0.2) is 49.9 Å². The predicted octanol–water partition coefficient (Wildman–Crippen LogP) is 3.59. The maximum Gasteiger partial charge on any atom is 0.344 e. The van der Waals surface area contributed by atoms with Crippen LogP contribution >= 0.6 is 11.6 Å². The van der Waals surface area contributed by atoms with Crippen molar-refractivity contribution in [2.45, 2.75) is 33.7 Å². The van der Waals surface area contributed by atoms with Gasteiger partial charge in [0, 0.05) is 10.6 Å². The molecule has 2 amide bonds. The van der Waals surface area contributed by atoms with Crippen molar-refractivity contribution in [1.82, 2.24) is 10.7 Å². The van der Waals surface area contributed by atoms with Gasteiger partial charge in [0.15, 0.2) is 18.1 Å². The van der Waals surface area contributed by atoms with Crippen LogP contribution in [0.1, 0.15) is 43.6 Å². The van der Waals surface area contributed by atoms with E-state index in [2.05, 4.69) is 15.8 Å². The van der Waals surface area contributed by atoms with E-state index in [0.29, 0.717) is 34.3 Å². The second-order valence-electron chi connectivity index (χ2n) is 7.67. The van der Waals surface area contributed by atoms with Crippen LogP contribution in [-0.2, 0) is 14.3 Å². The first kappa shape index (κ1) is 27.7. The van der Waals surface area contributed by atoms with Crippen molar-refractivity contribution in [3.05, 3.63) is 58.6 Å². The van der Waals surface area contributed by atoms with E-state index in [9.17, 15) is 14.4 Å². The van der Waals surface area contributed by atoms with Gasteiger partial charge in [-0.25, -0.2) is 10.2 Å². The van der Waals surface area contributed by atoms with Crippen molar-refractivity contribution in [3.63, 3.8) is 0 Å². The third-order valence-corrected chi connectivity index (χ3v) is 4.90. The molecular weight excluding hydrogens is 474 g/mol. The van der Waals surface area contributed by atoms with Crippen molar-refractivity contribution in [2.75, 3.05) is 19.8 Å². The molecule has 10 heteroatoms. The van der Waals surface area contributed by atoms with Crippen molar-refractivity contribution >= 4 is 35.6 Å². The van der Waals surface area contributed by atoms with Gasteiger partial charge in [0.1, 0.15) is 6.04 Å². The van der Waals surface area contributed by atoms with E-state index < -0.39 is 17.9 Å². The normalized spacial score (nSPS) is 11.7. The summed E-state index contributed by atoms with van der Waals surface area (Å²) in [5.41, 5.74) is 3.48. The molecule has 0 aliphatic rings. The van der Waals surface area contributed by atoms with Gasteiger partial charge in [-0.15, -0.1) is 0 Å². The molecule has 2 aromatic carbocycles. The Bertz CT molecular complexity index is 1040. The van der Waals surface area contributed by atoms with Crippen molar-refractivity contribution in [3.8, 4) is 11.5 Å². The summed E-state index contributed by atoms with van der Waals surface area (Å²) < 4.78 is 15.9. The number of hydrazone groups is 1. The molecule has 188 valence electrons. The van der Waals surface area contributed by atoms with Crippen molar-refractivity contribution in [2.24, 2.45) is 11.0 Å².